The van der Waals surface area contributed by atoms with E-state index in [2.05, 4.69) is 12.1 Å². The number of hydrogen-bond acceptors (Lipinski definition) is 2. The number of benzene rings is 1. The number of hydrogen-bond donors (Lipinski definition) is 0. The molecule has 0 aromatic heterocycles. The monoisotopic (exact) mass is 328 g/mol. The average molecular weight is 328 g/mol. The van der Waals surface area contributed by atoms with E-state index in [0.717, 1.165) is 57.2 Å². The van der Waals surface area contributed by atoms with Gasteiger partial charge >= 0.3 is 0 Å². The lowest BCUT2D eigenvalue weighted by atomic mass is 9.80. The molecule has 1 saturated carbocycles. The largest absolute Gasteiger partial charge is 0.342 e. The summed E-state index contributed by atoms with van der Waals surface area (Å²) in [7, 11) is 1.89. The number of rotatable bonds is 4. The van der Waals surface area contributed by atoms with Gasteiger partial charge in [0, 0.05) is 38.5 Å². The minimum absolute atomic E-state index is 0.0846. The topological polar surface area (TPSA) is 40.6 Å². The summed E-state index contributed by atoms with van der Waals surface area (Å²) in [5.41, 5.74) is 1.16. The summed E-state index contributed by atoms with van der Waals surface area (Å²) in [5.74, 6) is 0.787. The Morgan fingerprint density at radius 2 is 1.58 bits per heavy atom. The zero-order valence-corrected chi connectivity index (χ0v) is 14.6. The lowest BCUT2D eigenvalue weighted by molar-refractivity contribution is -0.140. The fourth-order valence-corrected chi connectivity index (χ4v) is 4.03. The van der Waals surface area contributed by atoms with E-state index in [-0.39, 0.29) is 17.7 Å². The van der Waals surface area contributed by atoms with Gasteiger partial charge in [-0.25, -0.2) is 0 Å². The van der Waals surface area contributed by atoms with E-state index in [0.29, 0.717) is 12.5 Å². The molecule has 4 nitrogen and oxygen atoms in total. The van der Waals surface area contributed by atoms with Gasteiger partial charge in [0.2, 0.25) is 11.8 Å². The number of carbonyl (C=O) groups is 2. The van der Waals surface area contributed by atoms with Crippen molar-refractivity contribution in [2.75, 3.05) is 20.1 Å². The Kier molecular flexibility index (Phi) is 5.54. The second-order valence-electron chi connectivity index (χ2n) is 7.26. The van der Waals surface area contributed by atoms with Crippen LogP contribution in [0, 0.1) is 11.8 Å². The molecule has 130 valence electrons. The predicted molar refractivity (Wildman–Crippen MR) is 94.2 cm³/mol. The van der Waals surface area contributed by atoms with Crippen LogP contribution >= 0.6 is 0 Å². The molecule has 0 spiro atoms. The van der Waals surface area contributed by atoms with Crippen molar-refractivity contribution in [3.05, 3.63) is 35.9 Å². The molecule has 2 aliphatic rings. The highest BCUT2D eigenvalue weighted by atomic mass is 16.2. The van der Waals surface area contributed by atoms with E-state index in [4.69, 9.17) is 0 Å². The van der Waals surface area contributed by atoms with Gasteiger partial charge in [-0.05, 0) is 44.1 Å². The Morgan fingerprint density at radius 3 is 2.21 bits per heavy atom. The molecular formula is C20H28N2O2. The van der Waals surface area contributed by atoms with Gasteiger partial charge in [-0.1, -0.05) is 30.3 Å². The first-order valence-electron chi connectivity index (χ1n) is 9.23. The SMILES string of the molecule is CN(Cc1ccccc1)C(=O)C1CCC(C(=O)N2CCCC2)CC1. The first-order chi connectivity index (χ1) is 11.6. The van der Waals surface area contributed by atoms with Gasteiger partial charge in [0.15, 0.2) is 0 Å². The van der Waals surface area contributed by atoms with Crippen molar-refractivity contribution < 1.29 is 9.59 Å². The fourth-order valence-electron chi connectivity index (χ4n) is 4.03. The standard InChI is InChI=1S/C20H28N2O2/c1-21(15-16-7-3-2-4-8-16)19(23)17-9-11-18(12-10-17)20(24)22-13-5-6-14-22/h2-4,7-8,17-18H,5-6,9-15H2,1H3. The van der Waals surface area contributed by atoms with Crippen LogP contribution in [0.2, 0.25) is 0 Å². The quantitative estimate of drug-likeness (QED) is 0.852. The summed E-state index contributed by atoms with van der Waals surface area (Å²) < 4.78 is 0. The Bertz CT molecular complexity index is 558. The summed E-state index contributed by atoms with van der Waals surface area (Å²) >= 11 is 0. The van der Waals surface area contributed by atoms with E-state index in [1.807, 2.05) is 35.0 Å². The fraction of sp³-hybridized carbons (Fsp3) is 0.600. The summed E-state index contributed by atoms with van der Waals surface area (Å²) in [6.07, 6.45) is 5.72. The minimum Gasteiger partial charge on any atom is -0.342 e. The molecule has 3 rings (SSSR count). The van der Waals surface area contributed by atoms with Crippen molar-refractivity contribution >= 4 is 11.8 Å². The molecule has 1 aliphatic heterocycles. The Morgan fingerprint density at radius 1 is 1.00 bits per heavy atom. The first kappa shape index (κ1) is 17.0. The van der Waals surface area contributed by atoms with E-state index < -0.39 is 0 Å². The van der Waals surface area contributed by atoms with Gasteiger partial charge in [0.05, 0.1) is 0 Å². The predicted octanol–water partition coefficient (Wildman–Crippen LogP) is 3.07. The maximum absolute atomic E-state index is 12.7. The molecule has 24 heavy (non-hydrogen) atoms. The summed E-state index contributed by atoms with van der Waals surface area (Å²) in [6.45, 7) is 2.52. The maximum atomic E-state index is 12.7. The zero-order valence-electron chi connectivity index (χ0n) is 14.6. The highest BCUT2D eigenvalue weighted by molar-refractivity contribution is 5.81. The molecule has 1 saturated heterocycles. The van der Waals surface area contributed by atoms with Crippen molar-refractivity contribution in [1.82, 2.24) is 9.80 Å². The molecule has 0 N–H and O–H groups in total. The van der Waals surface area contributed by atoms with Crippen LogP contribution in [-0.4, -0.2) is 41.8 Å². The highest BCUT2D eigenvalue weighted by Crippen LogP contribution is 2.32. The summed E-state index contributed by atoms with van der Waals surface area (Å²) in [5, 5.41) is 0. The van der Waals surface area contributed by atoms with Gasteiger partial charge in [-0.15, -0.1) is 0 Å². The molecule has 0 bridgehead atoms. The molecule has 4 heteroatoms. The van der Waals surface area contributed by atoms with Gasteiger partial charge in [0.25, 0.3) is 0 Å². The highest BCUT2D eigenvalue weighted by Gasteiger charge is 2.33. The van der Waals surface area contributed by atoms with Crippen LogP contribution in [0.4, 0.5) is 0 Å². The summed E-state index contributed by atoms with van der Waals surface area (Å²) in [6, 6.07) is 10.1. The minimum atomic E-state index is 0.0846. The van der Waals surface area contributed by atoms with Crippen molar-refractivity contribution in [2.45, 2.75) is 45.1 Å². The molecule has 1 aliphatic carbocycles. The van der Waals surface area contributed by atoms with E-state index in [9.17, 15) is 9.59 Å². The lowest BCUT2D eigenvalue weighted by Gasteiger charge is -2.31. The van der Waals surface area contributed by atoms with Crippen LogP contribution in [-0.2, 0) is 16.1 Å². The molecule has 1 heterocycles. The van der Waals surface area contributed by atoms with Gasteiger partial charge in [0.1, 0.15) is 0 Å². The number of carbonyl (C=O) groups excluding carboxylic acids is 2. The third kappa shape index (κ3) is 3.97. The average Bonchev–Trinajstić information content (AvgIpc) is 3.16. The van der Waals surface area contributed by atoms with Crippen LogP contribution in [0.25, 0.3) is 0 Å². The third-order valence-corrected chi connectivity index (χ3v) is 5.48. The smallest absolute Gasteiger partial charge is 0.225 e. The van der Waals surface area contributed by atoms with Crippen LogP contribution < -0.4 is 0 Å². The maximum Gasteiger partial charge on any atom is 0.225 e. The Balaban J connectivity index is 1.48. The van der Waals surface area contributed by atoms with Crippen molar-refractivity contribution in [3.63, 3.8) is 0 Å². The number of amides is 2. The Hall–Kier alpha value is -1.84. The second-order valence-corrected chi connectivity index (χ2v) is 7.26. The van der Waals surface area contributed by atoms with Crippen LogP contribution in [0.3, 0.4) is 0 Å². The molecule has 0 unspecified atom stereocenters. The van der Waals surface area contributed by atoms with Crippen LogP contribution in [0.5, 0.6) is 0 Å². The lowest BCUT2D eigenvalue weighted by Crippen LogP contribution is -2.39. The van der Waals surface area contributed by atoms with E-state index in [1.54, 1.807) is 0 Å². The van der Waals surface area contributed by atoms with Crippen LogP contribution in [0.15, 0.2) is 30.3 Å². The Labute approximate surface area is 144 Å². The molecule has 1 aromatic carbocycles. The first-order valence-corrected chi connectivity index (χ1v) is 9.23. The van der Waals surface area contributed by atoms with Crippen molar-refractivity contribution in [3.8, 4) is 0 Å². The normalized spacial score (nSPS) is 24.0. The molecule has 1 aromatic rings. The molecule has 2 fully saturated rings. The zero-order chi connectivity index (χ0) is 16.9. The van der Waals surface area contributed by atoms with Gasteiger partial charge in [-0.3, -0.25) is 9.59 Å². The molecule has 0 radical (unpaired) electrons. The summed E-state index contributed by atoms with van der Waals surface area (Å²) in [4.78, 5) is 29.0. The molecular weight excluding hydrogens is 300 g/mol. The second kappa shape index (κ2) is 7.82. The van der Waals surface area contributed by atoms with E-state index >= 15 is 0 Å². The number of likely N-dealkylation sites (tertiary alicyclic amines) is 1. The molecule has 0 atom stereocenters. The van der Waals surface area contributed by atoms with Crippen molar-refractivity contribution in [2.24, 2.45) is 11.8 Å². The van der Waals surface area contributed by atoms with Crippen molar-refractivity contribution in [1.29, 1.82) is 0 Å². The van der Waals surface area contributed by atoms with Gasteiger partial charge < -0.3 is 9.80 Å². The molecule has 2 amide bonds. The van der Waals surface area contributed by atoms with Gasteiger partial charge in [-0.2, -0.15) is 0 Å². The van der Waals surface area contributed by atoms with Crippen LogP contribution in [0.1, 0.15) is 44.1 Å². The third-order valence-electron chi connectivity index (χ3n) is 5.48. The van der Waals surface area contributed by atoms with E-state index in [1.165, 1.54) is 0 Å². The number of nitrogens with zero attached hydrogens (tertiary/aromatic N) is 2.